The fraction of sp³-hybridized carbons (Fsp3) is 0.643. The van der Waals surface area contributed by atoms with Crippen LogP contribution in [0.4, 0.5) is 0 Å². The van der Waals surface area contributed by atoms with Crippen molar-refractivity contribution in [3.8, 4) is 0 Å². The van der Waals surface area contributed by atoms with Crippen LogP contribution in [-0.2, 0) is 9.53 Å². The Labute approximate surface area is 97.4 Å². The minimum Gasteiger partial charge on any atom is -0.463 e. The van der Waals surface area contributed by atoms with Crippen LogP contribution < -0.4 is 0 Å². The van der Waals surface area contributed by atoms with Crippen molar-refractivity contribution in [2.24, 2.45) is 5.41 Å². The highest BCUT2D eigenvalue weighted by Crippen LogP contribution is 2.50. The predicted molar refractivity (Wildman–Crippen MR) is 64.0 cm³/mol. The number of carbonyl (C=O) groups excluding carboxylic acids is 1. The van der Waals surface area contributed by atoms with E-state index < -0.39 is 0 Å². The first-order chi connectivity index (χ1) is 7.69. The molecule has 1 spiro atoms. The molecule has 0 N–H and O–H groups in total. The van der Waals surface area contributed by atoms with Crippen LogP contribution in [0, 0.1) is 5.41 Å². The topological polar surface area (TPSA) is 26.3 Å². The zero-order chi connectivity index (χ0) is 11.6. The molecule has 0 unspecified atom stereocenters. The van der Waals surface area contributed by atoms with E-state index in [1.54, 1.807) is 0 Å². The van der Waals surface area contributed by atoms with E-state index in [-0.39, 0.29) is 11.4 Å². The molecule has 0 aromatic carbocycles. The molecule has 1 saturated carbocycles. The van der Waals surface area contributed by atoms with Gasteiger partial charge in [-0.15, -0.1) is 0 Å². The van der Waals surface area contributed by atoms with Crippen molar-refractivity contribution in [1.82, 2.24) is 0 Å². The third-order valence-corrected chi connectivity index (χ3v) is 3.84. The van der Waals surface area contributed by atoms with Crippen LogP contribution in [0.1, 0.15) is 46.0 Å². The summed E-state index contributed by atoms with van der Waals surface area (Å²) in [6.45, 7) is 4.37. The van der Waals surface area contributed by atoms with Crippen molar-refractivity contribution in [1.29, 1.82) is 0 Å². The predicted octanol–water partition coefficient (Wildman–Crippen LogP) is 3.39. The van der Waals surface area contributed by atoms with Crippen molar-refractivity contribution in [3.63, 3.8) is 0 Å². The molecule has 2 nitrogen and oxygen atoms in total. The van der Waals surface area contributed by atoms with Crippen molar-refractivity contribution < 1.29 is 9.53 Å². The van der Waals surface area contributed by atoms with Gasteiger partial charge < -0.3 is 4.74 Å². The minimum atomic E-state index is -0.0914. The molecule has 0 aromatic rings. The lowest BCUT2D eigenvalue weighted by Gasteiger charge is -2.33. The van der Waals surface area contributed by atoms with Crippen molar-refractivity contribution in [2.75, 3.05) is 6.61 Å². The first kappa shape index (κ1) is 11.4. The van der Waals surface area contributed by atoms with Gasteiger partial charge in [0.1, 0.15) is 0 Å². The van der Waals surface area contributed by atoms with Gasteiger partial charge in [-0.05, 0) is 38.7 Å². The fourth-order valence-electron chi connectivity index (χ4n) is 3.15. The molecule has 2 aliphatic carbocycles. The van der Waals surface area contributed by atoms with Gasteiger partial charge in [0.05, 0.1) is 6.61 Å². The molecule has 2 rings (SSSR count). The lowest BCUT2D eigenvalue weighted by Crippen LogP contribution is -2.28. The van der Waals surface area contributed by atoms with Crippen LogP contribution in [0.5, 0.6) is 0 Å². The number of hydrogen-bond donors (Lipinski definition) is 0. The van der Waals surface area contributed by atoms with E-state index in [0.29, 0.717) is 6.61 Å². The van der Waals surface area contributed by atoms with Gasteiger partial charge in [0.15, 0.2) is 0 Å². The molecule has 0 aliphatic heterocycles. The third-order valence-electron chi connectivity index (χ3n) is 3.84. The Morgan fingerprint density at radius 3 is 2.75 bits per heavy atom. The first-order valence-electron chi connectivity index (χ1n) is 6.24. The zero-order valence-corrected chi connectivity index (χ0v) is 10.2. The van der Waals surface area contributed by atoms with E-state index in [4.69, 9.17) is 4.74 Å². The van der Waals surface area contributed by atoms with Gasteiger partial charge in [-0.3, -0.25) is 0 Å². The summed E-state index contributed by atoms with van der Waals surface area (Å²) in [5.41, 5.74) is 2.16. The van der Waals surface area contributed by atoms with Gasteiger partial charge in [-0.1, -0.05) is 25.0 Å². The molecule has 0 atom stereocenters. The van der Waals surface area contributed by atoms with E-state index in [9.17, 15) is 4.79 Å². The van der Waals surface area contributed by atoms with Crippen LogP contribution in [0.15, 0.2) is 23.3 Å². The summed E-state index contributed by atoms with van der Waals surface area (Å²) in [6.07, 6.45) is 10.1. The van der Waals surface area contributed by atoms with E-state index in [1.165, 1.54) is 12.8 Å². The number of esters is 1. The molecule has 0 bridgehead atoms. The standard InChI is InChI=1S/C14H20O2/c1-3-16-13(15)12-11(2)7-6-10-14(12)8-4-5-9-14/h6-7H,3-5,8-10H2,1-2H3. The van der Waals surface area contributed by atoms with Crippen LogP contribution in [0.3, 0.4) is 0 Å². The molecule has 2 aliphatic rings. The molecule has 0 heterocycles. The summed E-state index contributed by atoms with van der Waals surface area (Å²) in [4.78, 5) is 12.1. The highest BCUT2D eigenvalue weighted by molar-refractivity contribution is 5.92. The second-order valence-electron chi connectivity index (χ2n) is 4.87. The molecule has 2 heteroatoms. The lowest BCUT2D eigenvalue weighted by atomic mass is 9.71. The molecule has 0 amide bonds. The highest BCUT2D eigenvalue weighted by atomic mass is 16.5. The quantitative estimate of drug-likeness (QED) is 0.667. The maximum atomic E-state index is 12.1. The summed E-state index contributed by atoms with van der Waals surface area (Å²) < 4.78 is 5.21. The van der Waals surface area contributed by atoms with Gasteiger partial charge >= 0.3 is 5.97 Å². The Hall–Kier alpha value is -1.05. The Kier molecular flexibility index (Phi) is 3.17. The monoisotopic (exact) mass is 220 g/mol. The number of ether oxygens (including phenoxy) is 1. The number of carbonyl (C=O) groups is 1. The SMILES string of the molecule is CCOC(=O)C1=C(C)C=CCC12CCCC2. The van der Waals surface area contributed by atoms with Crippen molar-refractivity contribution in [2.45, 2.75) is 46.0 Å². The first-order valence-corrected chi connectivity index (χ1v) is 6.24. The average Bonchev–Trinajstić information content (AvgIpc) is 2.67. The van der Waals surface area contributed by atoms with Crippen LogP contribution in [0.25, 0.3) is 0 Å². The maximum Gasteiger partial charge on any atom is 0.334 e. The molecule has 0 aromatic heterocycles. The Bertz CT molecular complexity index is 344. The van der Waals surface area contributed by atoms with Gasteiger partial charge in [0, 0.05) is 11.0 Å². The van der Waals surface area contributed by atoms with Crippen LogP contribution >= 0.6 is 0 Å². The highest BCUT2D eigenvalue weighted by Gasteiger charge is 2.42. The van der Waals surface area contributed by atoms with Crippen LogP contribution in [0.2, 0.25) is 0 Å². The molecule has 1 fully saturated rings. The number of rotatable bonds is 2. The molecular formula is C14H20O2. The third kappa shape index (κ3) is 1.81. The number of allylic oxidation sites excluding steroid dienone is 3. The molecular weight excluding hydrogens is 200 g/mol. The second-order valence-corrected chi connectivity index (χ2v) is 4.87. The van der Waals surface area contributed by atoms with E-state index in [1.807, 2.05) is 13.8 Å². The smallest absolute Gasteiger partial charge is 0.334 e. The maximum absolute atomic E-state index is 12.1. The molecule has 0 radical (unpaired) electrons. The van der Waals surface area contributed by atoms with Crippen molar-refractivity contribution in [3.05, 3.63) is 23.3 Å². The van der Waals surface area contributed by atoms with Gasteiger partial charge in [0.2, 0.25) is 0 Å². The Balaban J connectivity index is 2.33. The normalized spacial score (nSPS) is 22.9. The summed E-state index contributed by atoms with van der Waals surface area (Å²) >= 11 is 0. The largest absolute Gasteiger partial charge is 0.463 e. The fourth-order valence-corrected chi connectivity index (χ4v) is 3.15. The summed E-state index contributed by atoms with van der Waals surface area (Å²) in [5, 5.41) is 0. The minimum absolute atomic E-state index is 0.0914. The van der Waals surface area contributed by atoms with Crippen LogP contribution in [-0.4, -0.2) is 12.6 Å². The molecule has 0 saturated heterocycles. The lowest BCUT2D eigenvalue weighted by molar-refractivity contribution is -0.140. The van der Waals surface area contributed by atoms with E-state index in [2.05, 4.69) is 12.2 Å². The Morgan fingerprint density at radius 2 is 2.12 bits per heavy atom. The second kappa shape index (κ2) is 4.44. The van der Waals surface area contributed by atoms with E-state index in [0.717, 1.165) is 30.4 Å². The molecule has 88 valence electrons. The molecule has 16 heavy (non-hydrogen) atoms. The Morgan fingerprint density at radius 1 is 1.44 bits per heavy atom. The van der Waals surface area contributed by atoms with Crippen molar-refractivity contribution >= 4 is 5.97 Å². The zero-order valence-electron chi connectivity index (χ0n) is 10.2. The van der Waals surface area contributed by atoms with Gasteiger partial charge in [0.25, 0.3) is 0 Å². The summed E-state index contributed by atoms with van der Waals surface area (Å²) in [6, 6.07) is 0. The van der Waals surface area contributed by atoms with Gasteiger partial charge in [-0.2, -0.15) is 0 Å². The summed E-state index contributed by atoms with van der Waals surface area (Å²) in [7, 11) is 0. The number of hydrogen-bond acceptors (Lipinski definition) is 2. The summed E-state index contributed by atoms with van der Waals surface area (Å²) in [5.74, 6) is -0.0914. The average molecular weight is 220 g/mol. The van der Waals surface area contributed by atoms with E-state index >= 15 is 0 Å². The van der Waals surface area contributed by atoms with Gasteiger partial charge in [-0.25, -0.2) is 4.79 Å².